The van der Waals surface area contributed by atoms with Crippen LogP contribution in [0.25, 0.3) is 0 Å². The van der Waals surface area contributed by atoms with Crippen LogP contribution in [0.1, 0.15) is 32.3 Å². The van der Waals surface area contributed by atoms with Crippen molar-refractivity contribution < 1.29 is 4.74 Å². The predicted molar refractivity (Wildman–Crippen MR) is 57.7 cm³/mol. The van der Waals surface area contributed by atoms with Gasteiger partial charge in [-0.15, -0.1) is 0 Å². The van der Waals surface area contributed by atoms with Gasteiger partial charge in [-0.2, -0.15) is 0 Å². The molecule has 2 nitrogen and oxygen atoms in total. The molecule has 0 aliphatic rings. The lowest BCUT2D eigenvalue weighted by Crippen LogP contribution is -2.12. The molecule has 3 heteroatoms. The Morgan fingerprint density at radius 2 is 2.15 bits per heavy atom. The summed E-state index contributed by atoms with van der Waals surface area (Å²) in [6.07, 6.45) is 0. The highest BCUT2D eigenvalue weighted by atomic mass is 16.5. The summed E-state index contributed by atoms with van der Waals surface area (Å²) in [5.41, 5.74) is 2.19. The average molecular weight is 177 g/mol. The van der Waals surface area contributed by atoms with Crippen LogP contribution in [-0.2, 0) is 0 Å². The standard InChI is InChI=1S/C10H16BNO/c1-4-13-10-8(7(2)3)5-6-9(11)12-10/h5-7H,4,11H2,1-3H3. The maximum Gasteiger partial charge on any atom is 0.216 e. The molecule has 0 unspecified atom stereocenters. The quantitative estimate of drug-likeness (QED) is 0.639. The molecular formula is C10H16BNO. The average Bonchev–Trinajstić information content (AvgIpc) is 2.04. The van der Waals surface area contributed by atoms with Crippen molar-refractivity contribution >= 4 is 13.4 Å². The van der Waals surface area contributed by atoms with Gasteiger partial charge >= 0.3 is 0 Å². The molecule has 0 saturated heterocycles. The SMILES string of the molecule is Bc1ccc(C(C)C)c(OCC)n1. The molecule has 13 heavy (non-hydrogen) atoms. The Balaban J connectivity index is 3.03. The van der Waals surface area contributed by atoms with Crippen LogP contribution in [0.15, 0.2) is 12.1 Å². The van der Waals surface area contributed by atoms with Gasteiger partial charge in [-0.1, -0.05) is 26.0 Å². The van der Waals surface area contributed by atoms with Gasteiger partial charge < -0.3 is 4.74 Å². The van der Waals surface area contributed by atoms with Crippen molar-refractivity contribution in [3.63, 3.8) is 0 Å². The van der Waals surface area contributed by atoms with Crippen LogP contribution in [0.3, 0.4) is 0 Å². The summed E-state index contributed by atoms with van der Waals surface area (Å²) in [5, 5.41) is 0. The van der Waals surface area contributed by atoms with E-state index in [4.69, 9.17) is 4.74 Å². The minimum Gasteiger partial charge on any atom is -0.478 e. The lowest BCUT2D eigenvalue weighted by atomic mass is 9.99. The topological polar surface area (TPSA) is 22.1 Å². The summed E-state index contributed by atoms with van der Waals surface area (Å²) in [6, 6.07) is 4.12. The number of hydrogen-bond acceptors (Lipinski definition) is 2. The van der Waals surface area contributed by atoms with Crippen LogP contribution in [0.2, 0.25) is 0 Å². The Morgan fingerprint density at radius 3 is 2.69 bits per heavy atom. The lowest BCUT2D eigenvalue weighted by Gasteiger charge is -2.12. The third-order valence-corrected chi connectivity index (χ3v) is 1.93. The van der Waals surface area contributed by atoms with Crippen molar-refractivity contribution in [2.45, 2.75) is 26.7 Å². The molecule has 0 atom stereocenters. The van der Waals surface area contributed by atoms with Gasteiger partial charge in [0.25, 0.3) is 0 Å². The number of pyridine rings is 1. The minimum atomic E-state index is 0.467. The molecular weight excluding hydrogens is 161 g/mol. The van der Waals surface area contributed by atoms with Crippen molar-refractivity contribution in [2.75, 3.05) is 6.61 Å². The monoisotopic (exact) mass is 177 g/mol. The van der Waals surface area contributed by atoms with Gasteiger partial charge in [0.15, 0.2) is 7.85 Å². The van der Waals surface area contributed by atoms with Crippen molar-refractivity contribution in [2.24, 2.45) is 0 Å². The summed E-state index contributed by atoms with van der Waals surface area (Å²) in [4.78, 5) is 4.36. The van der Waals surface area contributed by atoms with Gasteiger partial charge in [-0.3, -0.25) is 0 Å². The normalized spacial score (nSPS) is 10.5. The van der Waals surface area contributed by atoms with Gasteiger partial charge in [0.2, 0.25) is 5.88 Å². The fourth-order valence-corrected chi connectivity index (χ4v) is 1.24. The first-order valence-electron chi connectivity index (χ1n) is 4.75. The zero-order chi connectivity index (χ0) is 9.84. The number of aromatic nitrogens is 1. The molecule has 0 bridgehead atoms. The molecule has 1 aromatic rings. The predicted octanol–water partition coefficient (Wildman–Crippen LogP) is 0.862. The molecule has 0 spiro atoms. The van der Waals surface area contributed by atoms with Gasteiger partial charge in [0.05, 0.1) is 6.61 Å². The van der Waals surface area contributed by atoms with E-state index in [-0.39, 0.29) is 0 Å². The van der Waals surface area contributed by atoms with Crippen molar-refractivity contribution in [3.8, 4) is 5.88 Å². The highest BCUT2D eigenvalue weighted by Gasteiger charge is 2.08. The Morgan fingerprint density at radius 1 is 1.46 bits per heavy atom. The lowest BCUT2D eigenvalue weighted by molar-refractivity contribution is 0.322. The molecule has 1 aromatic heterocycles. The zero-order valence-corrected chi connectivity index (χ0v) is 8.79. The van der Waals surface area contributed by atoms with E-state index in [0.29, 0.717) is 12.5 Å². The summed E-state index contributed by atoms with van der Waals surface area (Å²) in [6.45, 7) is 6.95. The minimum absolute atomic E-state index is 0.467. The molecule has 1 rings (SSSR count). The van der Waals surface area contributed by atoms with Gasteiger partial charge in [0, 0.05) is 5.56 Å². The Bertz CT molecular complexity index is 286. The second-order valence-electron chi connectivity index (χ2n) is 3.43. The highest BCUT2D eigenvalue weighted by molar-refractivity contribution is 6.30. The fraction of sp³-hybridized carbons (Fsp3) is 0.500. The van der Waals surface area contributed by atoms with E-state index in [9.17, 15) is 0 Å². The van der Waals surface area contributed by atoms with Crippen LogP contribution < -0.4 is 10.3 Å². The van der Waals surface area contributed by atoms with E-state index in [1.807, 2.05) is 20.8 Å². The van der Waals surface area contributed by atoms with Crippen molar-refractivity contribution in [1.82, 2.24) is 4.98 Å². The van der Waals surface area contributed by atoms with Gasteiger partial charge in [0.1, 0.15) is 0 Å². The van der Waals surface area contributed by atoms with Crippen LogP contribution in [-0.4, -0.2) is 19.4 Å². The third-order valence-electron chi connectivity index (χ3n) is 1.93. The Kier molecular flexibility index (Phi) is 3.35. The maximum atomic E-state index is 5.47. The molecule has 0 amide bonds. The number of ether oxygens (including phenoxy) is 1. The number of hydrogen-bond donors (Lipinski definition) is 0. The summed E-state index contributed by atoms with van der Waals surface area (Å²) in [5.74, 6) is 1.26. The Hall–Kier alpha value is -0.985. The summed E-state index contributed by atoms with van der Waals surface area (Å²) < 4.78 is 5.47. The molecule has 0 saturated carbocycles. The second kappa shape index (κ2) is 4.31. The van der Waals surface area contributed by atoms with E-state index >= 15 is 0 Å². The van der Waals surface area contributed by atoms with Crippen LogP contribution in [0.5, 0.6) is 5.88 Å². The third kappa shape index (κ3) is 2.48. The van der Waals surface area contributed by atoms with E-state index < -0.39 is 0 Å². The first-order valence-corrected chi connectivity index (χ1v) is 4.75. The van der Waals surface area contributed by atoms with E-state index in [0.717, 1.165) is 11.5 Å². The molecule has 0 fully saturated rings. The zero-order valence-electron chi connectivity index (χ0n) is 8.79. The van der Waals surface area contributed by atoms with E-state index in [2.05, 4.69) is 24.9 Å². The molecule has 0 aromatic carbocycles. The second-order valence-corrected chi connectivity index (χ2v) is 3.43. The fourth-order valence-electron chi connectivity index (χ4n) is 1.24. The molecule has 0 N–H and O–H groups in total. The highest BCUT2D eigenvalue weighted by Crippen LogP contribution is 2.22. The smallest absolute Gasteiger partial charge is 0.216 e. The first-order chi connectivity index (χ1) is 6.15. The summed E-state index contributed by atoms with van der Waals surface area (Å²) >= 11 is 0. The van der Waals surface area contributed by atoms with Crippen molar-refractivity contribution in [3.05, 3.63) is 17.7 Å². The molecule has 0 radical (unpaired) electrons. The van der Waals surface area contributed by atoms with Crippen LogP contribution in [0, 0.1) is 0 Å². The maximum absolute atomic E-state index is 5.47. The van der Waals surface area contributed by atoms with E-state index in [1.165, 1.54) is 5.56 Å². The number of rotatable bonds is 3. The van der Waals surface area contributed by atoms with Gasteiger partial charge in [-0.05, 0) is 18.4 Å². The summed E-state index contributed by atoms with van der Waals surface area (Å²) in [7, 11) is 1.98. The molecule has 1 heterocycles. The molecule has 70 valence electrons. The van der Waals surface area contributed by atoms with Gasteiger partial charge in [-0.25, -0.2) is 4.98 Å². The molecule has 0 aliphatic carbocycles. The van der Waals surface area contributed by atoms with E-state index in [1.54, 1.807) is 0 Å². The van der Waals surface area contributed by atoms with Crippen molar-refractivity contribution in [1.29, 1.82) is 0 Å². The Labute approximate surface area is 80.7 Å². The van der Waals surface area contributed by atoms with Crippen LogP contribution >= 0.6 is 0 Å². The molecule has 0 aliphatic heterocycles. The number of nitrogens with zero attached hydrogens (tertiary/aromatic N) is 1. The first kappa shape index (κ1) is 10.1. The van der Waals surface area contributed by atoms with Crippen LogP contribution in [0.4, 0.5) is 0 Å². The largest absolute Gasteiger partial charge is 0.478 e.